The first kappa shape index (κ1) is 27.4. The highest BCUT2D eigenvalue weighted by molar-refractivity contribution is 5.88. The molecule has 0 aliphatic heterocycles. The lowest BCUT2D eigenvalue weighted by molar-refractivity contribution is -0.162. The maximum atomic E-state index is 14.2. The van der Waals surface area contributed by atoms with Gasteiger partial charge in [-0.15, -0.1) is 0 Å². The van der Waals surface area contributed by atoms with E-state index in [1.54, 1.807) is 16.7 Å². The lowest BCUT2D eigenvalue weighted by atomic mass is 10.0. The molecular weight excluding hydrogens is 480 g/mol. The fraction of sp³-hybridized carbons (Fsp3) is 0.355. The van der Waals surface area contributed by atoms with Crippen molar-refractivity contribution in [2.24, 2.45) is 0 Å². The van der Waals surface area contributed by atoms with Crippen molar-refractivity contribution >= 4 is 12.0 Å². The molecule has 0 heterocycles. The SMILES string of the molecule is CCOC(CN(Cc1ccccc1)C(=O)[C@H](C)N(C(=O)OC)C1c2ccccc2-c2ccccc21)OCC. The van der Waals surface area contributed by atoms with Gasteiger partial charge in [-0.25, -0.2) is 4.79 Å². The van der Waals surface area contributed by atoms with Crippen LogP contribution in [0.5, 0.6) is 0 Å². The molecule has 200 valence electrons. The van der Waals surface area contributed by atoms with Gasteiger partial charge in [0.15, 0.2) is 6.29 Å². The van der Waals surface area contributed by atoms with Gasteiger partial charge in [0.1, 0.15) is 6.04 Å². The zero-order valence-electron chi connectivity index (χ0n) is 22.5. The van der Waals surface area contributed by atoms with Crippen molar-refractivity contribution in [3.63, 3.8) is 0 Å². The zero-order chi connectivity index (χ0) is 27.1. The van der Waals surface area contributed by atoms with Crippen molar-refractivity contribution in [3.8, 4) is 11.1 Å². The van der Waals surface area contributed by atoms with Gasteiger partial charge in [-0.2, -0.15) is 0 Å². The number of amides is 2. The first-order valence-corrected chi connectivity index (χ1v) is 13.1. The summed E-state index contributed by atoms with van der Waals surface area (Å²) in [4.78, 5) is 30.8. The molecule has 0 spiro atoms. The average molecular weight is 517 g/mol. The topological polar surface area (TPSA) is 68.3 Å². The quantitative estimate of drug-likeness (QED) is 0.309. The number of hydrogen-bond donors (Lipinski definition) is 0. The number of carbonyl (C=O) groups is 2. The van der Waals surface area contributed by atoms with E-state index >= 15 is 0 Å². The molecule has 0 unspecified atom stereocenters. The number of ether oxygens (including phenoxy) is 3. The van der Waals surface area contributed by atoms with E-state index < -0.39 is 24.5 Å². The number of nitrogens with zero attached hydrogens (tertiary/aromatic N) is 2. The molecule has 4 rings (SSSR count). The summed E-state index contributed by atoms with van der Waals surface area (Å²) in [6.45, 7) is 7.05. The van der Waals surface area contributed by atoms with Crippen LogP contribution in [0.1, 0.15) is 43.5 Å². The molecule has 0 radical (unpaired) electrons. The molecule has 0 saturated heterocycles. The van der Waals surface area contributed by atoms with E-state index in [9.17, 15) is 9.59 Å². The molecule has 1 atom stereocenters. The highest BCUT2D eigenvalue weighted by Gasteiger charge is 2.41. The largest absolute Gasteiger partial charge is 0.453 e. The minimum absolute atomic E-state index is 0.217. The third-order valence-corrected chi connectivity index (χ3v) is 6.84. The lowest BCUT2D eigenvalue weighted by Crippen LogP contribution is -2.52. The molecule has 3 aromatic rings. The van der Waals surface area contributed by atoms with E-state index in [1.165, 1.54) is 7.11 Å². The van der Waals surface area contributed by atoms with E-state index in [0.29, 0.717) is 19.8 Å². The van der Waals surface area contributed by atoms with Gasteiger partial charge in [0.2, 0.25) is 5.91 Å². The van der Waals surface area contributed by atoms with Crippen LogP contribution < -0.4 is 0 Å². The fourth-order valence-electron chi connectivity index (χ4n) is 5.15. The second-order valence-electron chi connectivity index (χ2n) is 9.17. The summed E-state index contributed by atoms with van der Waals surface area (Å²) >= 11 is 0. The van der Waals surface area contributed by atoms with E-state index in [4.69, 9.17) is 14.2 Å². The minimum Gasteiger partial charge on any atom is -0.453 e. The summed E-state index contributed by atoms with van der Waals surface area (Å²) in [5.41, 5.74) is 5.01. The van der Waals surface area contributed by atoms with Crippen molar-refractivity contribution in [1.82, 2.24) is 9.80 Å². The molecule has 38 heavy (non-hydrogen) atoms. The van der Waals surface area contributed by atoms with Gasteiger partial charge in [-0.3, -0.25) is 9.69 Å². The van der Waals surface area contributed by atoms with Crippen LogP contribution in [-0.2, 0) is 25.5 Å². The van der Waals surface area contributed by atoms with Crippen molar-refractivity contribution in [3.05, 3.63) is 95.6 Å². The molecule has 2 amide bonds. The summed E-state index contributed by atoms with van der Waals surface area (Å²) in [5, 5.41) is 0. The maximum Gasteiger partial charge on any atom is 0.410 e. The Morgan fingerprint density at radius 3 is 1.87 bits per heavy atom. The van der Waals surface area contributed by atoms with Gasteiger partial charge in [0.25, 0.3) is 0 Å². The third-order valence-electron chi connectivity index (χ3n) is 6.84. The van der Waals surface area contributed by atoms with Crippen molar-refractivity contribution in [2.75, 3.05) is 26.9 Å². The number of methoxy groups -OCH3 is 1. The Bertz CT molecular complexity index is 1180. The van der Waals surface area contributed by atoms with Crippen LogP contribution in [0.3, 0.4) is 0 Å². The van der Waals surface area contributed by atoms with Gasteiger partial charge in [-0.05, 0) is 48.6 Å². The average Bonchev–Trinajstić information content (AvgIpc) is 3.27. The monoisotopic (exact) mass is 516 g/mol. The van der Waals surface area contributed by atoms with E-state index in [0.717, 1.165) is 27.8 Å². The zero-order valence-corrected chi connectivity index (χ0v) is 22.5. The molecule has 1 aliphatic rings. The Labute approximate surface area is 224 Å². The first-order chi connectivity index (χ1) is 18.5. The summed E-state index contributed by atoms with van der Waals surface area (Å²) in [5.74, 6) is -0.217. The molecule has 7 heteroatoms. The molecule has 1 aliphatic carbocycles. The molecule has 7 nitrogen and oxygen atoms in total. The summed E-state index contributed by atoms with van der Waals surface area (Å²) in [6.07, 6.45) is -1.14. The van der Waals surface area contributed by atoms with Crippen LogP contribution in [0.2, 0.25) is 0 Å². The molecular formula is C31H36N2O5. The number of fused-ring (bicyclic) bond motifs is 3. The van der Waals surface area contributed by atoms with E-state index in [-0.39, 0.29) is 12.5 Å². The number of carbonyl (C=O) groups excluding carboxylic acids is 2. The Kier molecular flexibility index (Phi) is 9.15. The maximum absolute atomic E-state index is 14.2. The van der Waals surface area contributed by atoms with Crippen LogP contribution in [0, 0.1) is 0 Å². The summed E-state index contributed by atoms with van der Waals surface area (Å²) < 4.78 is 16.8. The van der Waals surface area contributed by atoms with E-state index in [2.05, 4.69) is 0 Å². The van der Waals surface area contributed by atoms with Crippen LogP contribution in [0.4, 0.5) is 4.79 Å². The Morgan fingerprint density at radius 2 is 1.34 bits per heavy atom. The van der Waals surface area contributed by atoms with Crippen molar-refractivity contribution < 1.29 is 23.8 Å². The molecule has 0 bridgehead atoms. The highest BCUT2D eigenvalue weighted by Crippen LogP contribution is 2.47. The van der Waals surface area contributed by atoms with Crippen LogP contribution in [0.25, 0.3) is 11.1 Å². The molecule has 0 fully saturated rings. The highest BCUT2D eigenvalue weighted by atomic mass is 16.7. The smallest absolute Gasteiger partial charge is 0.410 e. The summed E-state index contributed by atoms with van der Waals surface area (Å²) in [6, 6.07) is 24.5. The van der Waals surface area contributed by atoms with Crippen LogP contribution in [0.15, 0.2) is 78.9 Å². The fourth-order valence-corrected chi connectivity index (χ4v) is 5.15. The normalized spacial score (nSPS) is 13.1. The summed E-state index contributed by atoms with van der Waals surface area (Å²) in [7, 11) is 1.35. The number of hydrogen-bond acceptors (Lipinski definition) is 5. The predicted octanol–water partition coefficient (Wildman–Crippen LogP) is 5.64. The molecule has 3 aromatic carbocycles. The Hall–Kier alpha value is -3.68. The standard InChI is InChI=1S/C31H36N2O5/c1-5-37-28(38-6-2)21-32(20-23-14-8-7-9-15-23)30(34)22(3)33(31(35)36-4)29-26-18-12-10-16-24(26)25-17-11-13-19-27(25)29/h7-19,22,28-29H,5-6,20-21H2,1-4H3/t22-/m0/s1. The third kappa shape index (κ3) is 5.74. The number of rotatable bonds is 11. The van der Waals surface area contributed by atoms with Crippen molar-refractivity contribution in [1.29, 1.82) is 0 Å². The minimum atomic E-state index is -0.820. The van der Waals surface area contributed by atoms with Gasteiger partial charge in [-0.1, -0.05) is 78.9 Å². The van der Waals surface area contributed by atoms with Crippen molar-refractivity contribution in [2.45, 2.75) is 45.7 Å². The molecule has 0 N–H and O–H groups in total. The Morgan fingerprint density at radius 1 is 0.816 bits per heavy atom. The predicted molar refractivity (Wildman–Crippen MR) is 146 cm³/mol. The Balaban J connectivity index is 1.71. The van der Waals surface area contributed by atoms with Gasteiger partial charge in [0, 0.05) is 19.8 Å². The molecule has 0 aromatic heterocycles. The number of benzene rings is 3. The molecule has 0 saturated carbocycles. The first-order valence-electron chi connectivity index (χ1n) is 13.1. The van der Waals surface area contributed by atoms with Gasteiger partial charge < -0.3 is 19.1 Å². The van der Waals surface area contributed by atoms with E-state index in [1.807, 2.05) is 92.7 Å². The van der Waals surface area contributed by atoms with Gasteiger partial charge >= 0.3 is 6.09 Å². The van der Waals surface area contributed by atoms with Gasteiger partial charge in [0.05, 0.1) is 19.7 Å². The second kappa shape index (κ2) is 12.7. The second-order valence-corrected chi connectivity index (χ2v) is 9.17. The lowest BCUT2D eigenvalue weighted by Gasteiger charge is -2.37. The van der Waals surface area contributed by atoms with Crippen LogP contribution >= 0.6 is 0 Å². The van der Waals surface area contributed by atoms with Crippen LogP contribution in [-0.4, -0.2) is 61.0 Å².